The van der Waals surface area contributed by atoms with Gasteiger partial charge in [0, 0.05) is 15.3 Å². The van der Waals surface area contributed by atoms with Crippen molar-refractivity contribution in [3.63, 3.8) is 0 Å². The van der Waals surface area contributed by atoms with E-state index in [0.717, 1.165) is 22.4 Å². The Bertz CT molecular complexity index is 904. The monoisotopic (exact) mass is 540 g/mol. The van der Waals surface area contributed by atoms with Crippen LogP contribution in [0.4, 0.5) is 5.69 Å². The number of nitrogens with one attached hydrogen (secondary N) is 1. The minimum Gasteiger partial charge on any atom is -0.454 e. The number of carbonyl (C=O) groups excluding carboxylic acids is 4. The largest absolute Gasteiger partial charge is 0.454 e. The number of amides is 3. The Hall–Kier alpha value is -1.74. The van der Waals surface area contributed by atoms with Crippen molar-refractivity contribution in [2.75, 3.05) is 18.5 Å². The third-order valence-electron chi connectivity index (χ3n) is 6.39. The Morgan fingerprint density at radius 2 is 1.70 bits per heavy atom. The predicted octanol–water partition coefficient (Wildman–Crippen LogP) is 2.56. The summed E-state index contributed by atoms with van der Waals surface area (Å²) in [5.41, 5.74) is 2.62. The van der Waals surface area contributed by atoms with Crippen LogP contribution in [0.1, 0.15) is 17.5 Å². The molecule has 3 aliphatic rings. The van der Waals surface area contributed by atoms with Gasteiger partial charge in [0.2, 0.25) is 11.8 Å². The molecule has 2 bridgehead atoms. The average Bonchev–Trinajstić information content (AvgIpc) is 3.29. The Kier molecular flexibility index (Phi) is 5.78. The molecular weight excluding hydrogens is 520 g/mol. The van der Waals surface area contributed by atoms with E-state index >= 15 is 0 Å². The van der Waals surface area contributed by atoms with Crippen molar-refractivity contribution >= 4 is 61.2 Å². The average molecular weight is 542 g/mol. The fraction of sp³-hybridized carbons (Fsp3) is 0.524. The lowest BCUT2D eigenvalue weighted by Gasteiger charge is -2.28. The molecule has 3 amide bonds. The zero-order valence-corrected chi connectivity index (χ0v) is 19.7. The maximum absolute atomic E-state index is 12.8. The second-order valence-electron chi connectivity index (χ2n) is 8.29. The Balaban J connectivity index is 1.32. The van der Waals surface area contributed by atoms with Crippen LogP contribution in [0.3, 0.4) is 0 Å². The van der Waals surface area contributed by atoms with Crippen LogP contribution in [0.2, 0.25) is 0 Å². The van der Waals surface area contributed by atoms with Gasteiger partial charge in [-0.2, -0.15) is 0 Å². The van der Waals surface area contributed by atoms with Crippen molar-refractivity contribution in [1.82, 2.24) is 4.90 Å². The van der Waals surface area contributed by atoms with Crippen molar-refractivity contribution < 1.29 is 23.9 Å². The molecule has 160 valence electrons. The fourth-order valence-corrected chi connectivity index (χ4v) is 6.90. The number of carbonyl (C=O) groups is 4. The Morgan fingerprint density at radius 1 is 1.10 bits per heavy atom. The molecule has 1 N–H and O–H groups in total. The standard InChI is InChI=1S/C21H22Br2N2O5/c1-9-3-4-13(10(2)5-9)24-14(26)8-30-15(27)7-25-20(28)16-11-6-12(17(16)21(25)29)19(23)18(11)22/h3-5,11-12,16-19H,6-8H2,1-2H3,(H,24,26)/t11-,12-,16-,17-,18-,19+/m1/s1. The molecule has 1 heterocycles. The molecule has 4 rings (SSSR count). The van der Waals surface area contributed by atoms with E-state index in [4.69, 9.17) is 4.74 Å². The first kappa shape index (κ1) is 21.5. The molecule has 9 heteroatoms. The normalized spacial score (nSPS) is 31.8. The molecule has 2 saturated carbocycles. The van der Waals surface area contributed by atoms with E-state index < -0.39 is 25.0 Å². The highest BCUT2D eigenvalue weighted by Crippen LogP contribution is 2.60. The number of aryl methyl sites for hydroxylation is 2. The zero-order chi connectivity index (χ0) is 21.7. The molecule has 1 aromatic rings. The van der Waals surface area contributed by atoms with Gasteiger partial charge in [-0.25, -0.2) is 0 Å². The summed E-state index contributed by atoms with van der Waals surface area (Å²) in [6.07, 6.45) is 0.829. The van der Waals surface area contributed by atoms with Crippen LogP contribution in [0, 0.1) is 37.5 Å². The van der Waals surface area contributed by atoms with Gasteiger partial charge in [0.1, 0.15) is 6.54 Å². The number of rotatable bonds is 5. The van der Waals surface area contributed by atoms with Gasteiger partial charge in [-0.05, 0) is 43.7 Å². The molecule has 3 fully saturated rings. The first-order chi connectivity index (χ1) is 14.2. The van der Waals surface area contributed by atoms with Gasteiger partial charge < -0.3 is 10.1 Å². The number of halogens is 2. The number of nitrogens with zero attached hydrogens (tertiary/aromatic N) is 1. The molecule has 1 aliphatic heterocycles. The van der Waals surface area contributed by atoms with Crippen molar-refractivity contribution in [3.8, 4) is 0 Å². The maximum atomic E-state index is 12.8. The van der Waals surface area contributed by atoms with Crippen LogP contribution >= 0.6 is 31.9 Å². The van der Waals surface area contributed by atoms with Crippen LogP contribution < -0.4 is 5.32 Å². The minimum atomic E-state index is -0.773. The summed E-state index contributed by atoms with van der Waals surface area (Å²) in [6, 6.07) is 5.59. The fourth-order valence-electron chi connectivity index (χ4n) is 5.03. The molecular formula is C21H22Br2N2O5. The quantitative estimate of drug-likeness (QED) is 0.351. The number of fused-ring (bicyclic) bond motifs is 5. The lowest BCUT2D eigenvalue weighted by Crippen LogP contribution is -2.38. The maximum Gasteiger partial charge on any atom is 0.326 e. The molecule has 0 aromatic heterocycles. The summed E-state index contributed by atoms with van der Waals surface area (Å²) in [4.78, 5) is 51.2. The highest BCUT2D eigenvalue weighted by Gasteiger charge is 2.66. The van der Waals surface area contributed by atoms with Gasteiger partial charge in [-0.1, -0.05) is 49.6 Å². The number of ether oxygens (including phenoxy) is 1. The highest BCUT2D eigenvalue weighted by atomic mass is 79.9. The van der Waals surface area contributed by atoms with E-state index in [9.17, 15) is 19.2 Å². The van der Waals surface area contributed by atoms with Gasteiger partial charge in [0.25, 0.3) is 5.91 Å². The minimum absolute atomic E-state index is 0.0883. The van der Waals surface area contributed by atoms with Crippen molar-refractivity contribution in [2.45, 2.75) is 29.9 Å². The van der Waals surface area contributed by atoms with Gasteiger partial charge in [0.05, 0.1) is 11.8 Å². The van der Waals surface area contributed by atoms with Gasteiger partial charge in [-0.15, -0.1) is 0 Å². The van der Waals surface area contributed by atoms with Crippen LogP contribution in [-0.2, 0) is 23.9 Å². The third-order valence-corrected chi connectivity index (χ3v) is 9.59. The second kappa shape index (κ2) is 8.07. The molecule has 30 heavy (non-hydrogen) atoms. The summed E-state index contributed by atoms with van der Waals surface area (Å²) >= 11 is 7.25. The number of alkyl halides is 2. The number of hydrogen-bond donors (Lipinski definition) is 1. The predicted molar refractivity (Wildman–Crippen MR) is 116 cm³/mol. The van der Waals surface area contributed by atoms with Gasteiger partial charge in [-0.3, -0.25) is 24.1 Å². The van der Waals surface area contributed by atoms with E-state index in [2.05, 4.69) is 37.2 Å². The molecule has 0 unspecified atom stereocenters. The van der Waals surface area contributed by atoms with Crippen molar-refractivity contribution in [3.05, 3.63) is 29.3 Å². The van der Waals surface area contributed by atoms with Crippen LogP contribution in [-0.4, -0.2) is 51.4 Å². The number of benzene rings is 1. The van der Waals surface area contributed by atoms with E-state index in [1.165, 1.54) is 0 Å². The first-order valence-corrected chi connectivity index (χ1v) is 11.7. The number of anilines is 1. The van der Waals surface area contributed by atoms with E-state index in [1.54, 1.807) is 6.07 Å². The summed E-state index contributed by atoms with van der Waals surface area (Å²) < 4.78 is 5.02. The van der Waals surface area contributed by atoms with Crippen LogP contribution in [0.15, 0.2) is 18.2 Å². The summed E-state index contributed by atoms with van der Waals surface area (Å²) in [5, 5.41) is 2.69. The molecule has 6 atom stereocenters. The molecule has 7 nitrogen and oxygen atoms in total. The summed E-state index contributed by atoms with van der Waals surface area (Å²) in [5.74, 6) is -2.44. The number of esters is 1. The summed E-state index contributed by atoms with van der Waals surface area (Å²) in [7, 11) is 0. The van der Waals surface area contributed by atoms with E-state index in [-0.39, 0.29) is 45.1 Å². The number of likely N-dealkylation sites (tertiary alicyclic amines) is 1. The molecule has 1 saturated heterocycles. The van der Waals surface area contributed by atoms with Crippen LogP contribution in [0.25, 0.3) is 0 Å². The van der Waals surface area contributed by atoms with Crippen molar-refractivity contribution in [1.29, 1.82) is 0 Å². The molecule has 0 spiro atoms. The van der Waals surface area contributed by atoms with Crippen LogP contribution in [0.5, 0.6) is 0 Å². The number of hydrogen-bond acceptors (Lipinski definition) is 5. The highest BCUT2D eigenvalue weighted by molar-refractivity contribution is 9.12. The van der Waals surface area contributed by atoms with Crippen molar-refractivity contribution in [2.24, 2.45) is 23.7 Å². The molecule has 2 aliphatic carbocycles. The molecule has 1 aromatic carbocycles. The Morgan fingerprint density at radius 3 is 2.27 bits per heavy atom. The van der Waals surface area contributed by atoms with E-state index in [0.29, 0.717) is 5.69 Å². The second-order valence-corrected chi connectivity index (χ2v) is 10.4. The summed E-state index contributed by atoms with van der Waals surface area (Å²) in [6.45, 7) is 2.89. The first-order valence-electron chi connectivity index (χ1n) is 9.85. The van der Waals surface area contributed by atoms with E-state index in [1.807, 2.05) is 26.0 Å². The zero-order valence-electron chi connectivity index (χ0n) is 16.6. The smallest absolute Gasteiger partial charge is 0.326 e. The SMILES string of the molecule is Cc1ccc(NC(=O)COC(=O)CN2C(=O)[C@@H]3[C@H]4C[C@@H]([C@@H](Br)[C@H]4Br)[C@H]3C2=O)c(C)c1. The number of imide groups is 1. The Labute approximate surface area is 191 Å². The lowest BCUT2D eigenvalue weighted by molar-refractivity contribution is -0.154. The van der Waals surface area contributed by atoms with Gasteiger partial charge >= 0.3 is 5.97 Å². The van der Waals surface area contributed by atoms with Gasteiger partial charge in [0.15, 0.2) is 6.61 Å². The third kappa shape index (κ3) is 3.60. The topological polar surface area (TPSA) is 92.8 Å². The molecule has 0 radical (unpaired) electrons. The lowest BCUT2D eigenvalue weighted by atomic mass is 9.81.